The predicted molar refractivity (Wildman–Crippen MR) is 82.6 cm³/mol. The number of fused-ring (bicyclic) bond motifs is 1. The fourth-order valence-electron chi connectivity index (χ4n) is 2.31. The van der Waals surface area contributed by atoms with E-state index in [-0.39, 0.29) is 29.0 Å². The number of rotatable bonds is 4. The summed E-state index contributed by atoms with van der Waals surface area (Å²) in [5.74, 6) is 1.01. The van der Waals surface area contributed by atoms with Crippen molar-refractivity contribution < 1.29 is 27.4 Å². The Kier molecular flexibility index (Phi) is 4.80. The van der Waals surface area contributed by atoms with Gasteiger partial charge in [-0.2, -0.15) is 13.2 Å². The maximum atomic E-state index is 13.4. The van der Waals surface area contributed by atoms with Crippen LogP contribution in [0.4, 0.5) is 13.2 Å². The first-order valence-electron chi connectivity index (χ1n) is 6.87. The summed E-state index contributed by atoms with van der Waals surface area (Å²) in [5, 5.41) is -0.203. The second kappa shape index (κ2) is 6.70. The van der Waals surface area contributed by atoms with Gasteiger partial charge < -0.3 is 14.2 Å². The Hall–Kier alpha value is -1.63. The van der Waals surface area contributed by atoms with E-state index in [1.165, 1.54) is 18.2 Å². The van der Waals surface area contributed by atoms with Gasteiger partial charge in [-0.1, -0.05) is 35.3 Å². The smallest absolute Gasteiger partial charge is 0.418 e. The molecule has 1 aliphatic heterocycles. The fourth-order valence-corrected chi connectivity index (χ4v) is 2.91. The lowest BCUT2D eigenvalue weighted by Crippen LogP contribution is -2.24. The fraction of sp³-hybridized carbons (Fsp3) is 0.250. The third kappa shape index (κ3) is 3.55. The van der Waals surface area contributed by atoms with E-state index in [1.54, 1.807) is 18.2 Å². The summed E-state index contributed by atoms with van der Waals surface area (Å²) < 4.78 is 55.7. The van der Waals surface area contributed by atoms with Gasteiger partial charge in [0.05, 0.1) is 6.61 Å². The largest absolute Gasteiger partial charge is 0.454 e. The van der Waals surface area contributed by atoms with E-state index in [0.717, 1.165) is 0 Å². The molecule has 2 aromatic rings. The normalized spacial score (nSPS) is 14.7. The van der Waals surface area contributed by atoms with Gasteiger partial charge in [-0.3, -0.25) is 0 Å². The lowest BCUT2D eigenvalue weighted by atomic mass is 10.1. The van der Waals surface area contributed by atoms with Gasteiger partial charge in [-0.05, 0) is 29.8 Å². The Balaban J connectivity index is 1.83. The van der Waals surface area contributed by atoms with Gasteiger partial charge in [-0.15, -0.1) is 0 Å². The average molecular weight is 379 g/mol. The molecule has 0 aliphatic carbocycles. The molecular weight excluding hydrogens is 368 g/mol. The molecule has 0 bridgehead atoms. The summed E-state index contributed by atoms with van der Waals surface area (Å²) >= 11 is 11.8. The zero-order chi connectivity index (χ0) is 17.3. The lowest BCUT2D eigenvalue weighted by molar-refractivity contribution is -0.227. The summed E-state index contributed by atoms with van der Waals surface area (Å²) in [5.41, 5.74) is 0.214. The Morgan fingerprint density at radius 2 is 1.71 bits per heavy atom. The van der Waals surface area contributed by atoms with Crippen LogP contribution in [0.3, 0.4) is 0 Å². The third-order valence-electron chi connectivity index (χ3n) is 3.41. The average Bonchev–Trinajstić information content (AvgIpc) is 2.96. The first-order valence-corrected chi connectivity index (χ1v) is 7.62. The summed E-state index contributed by atoms with van der Waals surface area (Å²) in [4.78, 5) is 0. The van der Waals surface area contributed by atoms with Gasteiger partial charge in [0.15, 0.2) is 17.6 Å². The van der Waals surface area contributed by atoms with Crippen LogP contribution in [0.5, 0.6) is 11.5 Å². The number of hydrogen-bond acceptors (Lipinski definition) is 3. The van der Waals surface area contributed by atoms with Gasteiger partial charge in [0.1, 0.15) is 0 Å². The highest BCUT2D eigenvalue weighted by Crippen LogP contribution is 2.43. The van der Waals surface area contributed by atoms with Crippen molar-refractivity contribution in [1.29, 1.82) is 0 Å². The molecule has 128 valence electrons. The van der Waals surface area contributed by atoms with Crippen molar-refractivity contribution in [3.05, 3.63) is 57.6 Å². The van der Waals surface area contributed by atoms with Crippen LogP contribution in [-0.4, -0.2) is 13.0 Å². The predicted octanol–water partition coefficient (Wildman–Crippen LogP) is 5.54. The number of ether oxygens (including phenoxy) is 3. The van der Waals surface area contributed by atoms with Crippen LogP contribution in [-0.2, 0) is 11.3 Å². The zero-order valence-electron chi connectivity index (χ0n) is 12.1. The van der Waals surface area contributed by atoms with E-state index in [4.69, 9.17) is 37.4 Å². The Morgan fingerprint density at radius 1 is 1.04 bits per heavy atom. The van der Waals surface area contributed by atoms with Crippen LogP contribution < -0.4 is 9.47 Å². The minimum atomic E-state index is -4.66. The van der Waals surface area contributed by atoms with Crippen molar-refractivity contribution in [3.8, 4) is 11.5 Å². The topological polar surface area (TPSA) is 27.7 Å². The molecule has 3 rings (SSSR count). The minimum Gasteiger partial charge on any atom is -0.454 e. The van der Waals surface area contributed by atoms with E-state index >= 15 is 0 Å². The van der Waals surface area contributed by atoms with Crippen LogP contribution in [0.15, 0.2) is 36.4 Å². The molecule has 0 fully saturated rings. The van der Waals surface area contributed by atoms with Gasteiger partial charge in [-0.25, -0.2) is 0 Å². The van der Waals surface area contributed by atoms with Crippen molar-refractivity contribution in [2.24, 2.45) is 0 Å². The van der Waals surface area contributed by atoms with E-state index in [0.29, 0.717) is 17.1 Å². The van der Waals surface area contributed by atoms with E-state index in [2.05, 4.69) is 0 Å². The maximum Gasteiger partial charge on any atom is 0.418 e. The minimum absolute atomic E-state index is 0.0834. The molecule has 0 spiro atoms. The first kappa shape index (κ1) is 17.2. The Labute approximate surface area is 145 Å². The van der Waals surface area contributed by atoms with Crippen LogP contribution in [0, 0.1) is 0 Å². The van der Waals surface area contributed by atoms with Crippen LogP contribution in [0.2, 0.25) is 10.0 Å². The van der Waals surface area contributed by atoms with Crippen molar-refractivity contribution in [1.82, 2.24) is 0 Å². The summed E-state index contributed by atoms with van der Waals surface area (Å²) in [6.07, 6.45) is -6.89. The Bertz CT molecular complexity index is 730. The molecule has 0 amide bonds. The highest BCUT2D eigenvalue weighted by Gasteiger charge is 2.44. The molecule has 0 saturated carbocycles. The maximum absolute atomic E-state index is 13.4. The highest BCUT2D eigenvalue weighted by atomic mass is 35.5. The van der Waals surface area contributed by atoms with Crippen molar-refractivity contribution >= 4 is 23.2 Å². The third-order valence-corrected chi connectivity index (χ3v) is 4.07. The van der Waals surface area contributed by atoms with E-state index in [1.807, 2.05) is 0 Å². The molecule has 0 aromatic heterocycles. The molecule has 1 aliphatic rings. The van der Waals surface area contributed by atoms with Crippen LogP contribution in [0.25, 0.3) is 0 Å². The standard InChI is InChI=1S/C16H11Cl2F3O3/c17-10-2-1-3-11(18)14(10)15(16(19,20)21)22-7-9-4-5-12-13(6-9)24-8-23-12/h1-6,15H,7-8H2. The van der Waals surface area contributed by atoms with Gasteiger partial charge in [0.2, 0.25) is 6.79 Å². The van der Waals surface area contributed by atoms with E-state index < -0.39 is 12.3 Å². The molecule has 0 N–H and O–H groups in total. The van der Waals surface area contributed by atoms with Crippen molar-refractivity contribution in [2.45, 2.75) is 18.9 Å². The van der Waals surface area contributed by atoms with Crippen LogP contribution >= 0.6 is 23.2 Å². The molecule has 0 radical (unpaired) electrons. The summed E-state index contributed by atoms with van der Waals surface area (Å²) in [6.45, 7) is -0.206. The second-order valence-corrected chi connectivity index (χ2v) is 5.87. The number of halogens is 5. The number of alkyl halides is 3. The number of hydrogen-bond donors (Lipinski definition) is 0. The van der Waals surface area contributed by atoms with Crippen molar-refractivity contribution in [3.63, 3.8) is 0 Å². The van der Waals surface area contributed by atoms with Crippen molar-refractivity contribution in [2.75, 3.05) is 6.79 Å². The quantitative estimate of drug-likeness (QED) is 0.698. The molecule has 1 unspecified atom stereocenters. The monoisotopic (exact) mass is 378 g/mol. The first-order chi connectivity index (χ1) is 11.4. The van der Waals surface area contributed by atoms with E-state index in [9.17, 15) is 13.2 Å². The highest BCUT2D eigenvalue weighted by molar-refractivity contribution is 6.36. The molecular formula is C16H11Cl2F3O3. The molecule has 3 nitrogen and oxygen atoms in total. The summed E-state index contributed by atoms with van der Waals surface area (Å²) in [7, 11) is 0. The summed E-state index contributed by atoms with van der Waals surface area (Å²) in [6, 6.07) is 8.95. The molecule has 0 saturated heterocycles. The molecule has 1 atom stereocenters. The van der Waals surface area contributed by atoms with Gasteiger partial charge >= 0.3 is 6.18 Å². The second-order valence-electron chi connectivity index (χ2n) is 5.06. The number of benzene rings is 2. The van der Waals surface area contributed by atoms with Crippen LogP contribution in [0.1, 0.15) is 17.2 Å². The zero-order valence-corrected chi connectivity index (χ0v) is 13.6. The molecule has 8 heteroatoms. The lowest BCUT2D eigenvalue weighted by Gasteiger charge is -2.23. The molecule has 24 heavy (non-hydrogen) atoms. The SMILES string of the molecule is FC(F)(F)C(OCc1ccc2c(c1)OCO2)c1c(Cl)cccc1Cl. The molecule has 1 heterocycles. The van der Waals surface area contributed by atoms with Gasteiger partial charge in [0.25, 0.3) is 0 Å². The Morgan fingerprint density at radius 3 is 2.38 bits per heavy atom. The molecule has 2 aromatic carbocycles. The van der Waals surface area contributed by atoms with Gasteiger partial charge in [0, 0.05) is 15.6 Å².